The fraction of sp³-hybridized carbons (Fsp3) is 0.294. The number of benzene rings is 2. The Morgan fingerprint density at radius 3 is 1.67 bits per heavy atom. The Kier molecular flexibility index (Phi) is 8.94. The van der Waals surface area contributed by atoms with Gasteiger partial charge in [0.15, 0.2) is 25.0 Å². The van der Waals surface area contributed by atoms with Crippen molar-refractivity contribution in [1.82, 2.24) is 0 Å². The molecular formula is C17H15F6N3O4S3. The average molecular weight is 536 g/mol. The second-order valence-electron chi connectivity index (χ2n) is 6.34. The number of hydrogen-bond donors (Lipinski definition) is 0. The molecule has 0 aliphatic heterocycles. The van der Waals surface area contributed by atoms with E-state index in [2.05, 4.69) is 42.2 Å². The molecule has 16 heteroatoms. The van der Waals surface area contributed by atoms with Gasteiger partial charge < -0.3 is 4.13 Å². The van der Waals surface area contributed by atoms with Crippen LogP contribution in [0.5, 0.6) is 0 Å². The first-order chi connectivity index (χ1) is 14.8. The van der Waals surface area contributed by atoms with Crippen LogP contribution in [0.4, 0.5) is 32.0 Å². The summed E-state index contributed by atoms with van der Waals surface area (Å²) in [5.74, 6) is 0. The molecule has 0 aliphatic rings. The molecule has 0 saturated heterocycles. The molecule has 33 heavy (non-hydrogen) atoms. The van der Waals surface area contributed by atoms with Gasteiger partial charge in [-0.05, 0) is 44.5 Å². The zero-order chi connectivity index (χ0) is 25.8. The molecule has 0 saturated carbocycles. The van der Waals surface area contributed by atoms with Crippen molar-refractivity contribution in [2.75, 3.05) is 0 Å². The molecule has 0 N–H and O–H groups in total. The highest BCUT2D eigenvalue weighted by atomic mass is 32.3. The molecule has 0 spiro atoms. The van der Waals surface area contributed by atoms with E-state index < -0.39 is 31.1 Å². The molecule has 0 heterocycles. The van der Waals surface area contributed by atoms with Crippen LogP contribution in [-0.4, -0.2) is 27.9 Å². The Hall–Kier alpha value is -2.35. The maximum atomic E-state index is 11.4. The lowest BCUT2D eigenvalue weighted by Gasteiger charge is -2.22. The van der Waals surface area contributed by atoms with Gasteiger partial charge in [0.25, 0.3) is 0 Å². The molecular weight excluding hydrogens is 520 g/mol. The van der Waals surface area contributed by atoms with E-state index in [1.165, 1.54) is 15.4 Å². The maximum Gasteiger partial charge on any atom is 0.480 e. The molecule has 2 rings (SSSR count). The smallest absolute Gasteiger partial charge is 0.421 e. The van der Waals surface area contributed by atoms with E-state index in [1.807, 2.05) is 19.9 Å². The van der Waals surface area contributed by atoms with Crippen molar-refractivity contribution < 1.29 is 43.2 Å². The van der Waals surface area contributed by atoms with Gasteiger partial charge in [-0.3, -0.25) is 0 Å². The number of hydrogen-bond acceptors (Lipinski definition) is 6. The minimum atomic E-state index is -6.72. The molecule has 182 valence electrons. The molecule has 0 radical (unpaired) electrons. The number of diazo groups is 1. The Balaban J connectivity index is 0.000000337. The summed E-state index contributed by atoms with van der Waals surface area (Å²) in [6.07, 6.45) is 0. The monoisotopic (exact) mass is 535 g/mol. The van der Waals surface area contributed by atoms with E-state index in [4.69, 9.17) is 5.39 Å². The summed E-state index contributed by atoms with van der Waals surface area (Å²) in [6, 6.07) is 12.4. The fourth-order valence-corrected chi connectivity index (χ4v) is 4.63. The Morgan fingerprint density at radius 1 is 0.818 bits per heavy atom. The average Bonchev–Trinajstić information content (AvgIpc) is 2.64. The van der Waals surface area contributed by atoms with Gasteiger partial charge in [-0.15, -0.1) is 0 Å². The standard InChI is InChI=1S/C15H15N2S.C2F6NO4S2/c1-10-4-6-13(7-5-10)18-15-9-11(2)14(17-16)8-12(15)3;3-1(4,5)14(10,11)9-15(12,13)2(6,7)8/h4-9H,1-3H3;/q+1;-1. The van der Waals surface area contributed by atoms with Crippen molar-refractivity contribution in [2.45, 2.75) is 41.6 Å². The summed E-state index contributed by atoms with van der Waals surface area (Å²) in [5.41, 5.74) is -8.39. The lowest BCUT2D eigenvalue weighted by Crippen LogP contribution is -2.30. The molecule has 0 bridgehead atoms. The summed E-state index contributed by atoms with van der Waals surface area (Å²) in [4.78, 5) is 5.70. The third-order valence-electron chi connectivity index (χ3n) is 3.63. The van der Waals surface area contributed by atoms with Crippen molar-refractivity contribution >= 4 is 37.5 Å². The van der Waals surface area contributed by atoms with Gasteiger partial charge in [0, 0.05) is 21.4 Å². The molecule has 0 amide bonds. The normalized spacial score (nSPS) is 12.5. The molecule has 7 nitrogen and oxygen atoms in total. The first kappa shape index (κ1) is 28.7. The van der Waals surface area contributed by atoms with Crippen molar-refractivity contribution in [1.29, 1.82) is 5.39 Å². The van der Waals surface area contributed by atoms with Gasteiger partial charge in [-0.25, -0.2) is 16.8 Å². The number of halogens is 6. The van der Waals surface area contributed by atoms with E-state index >= 15 is 0 Å². The van der Waals surface area contributed by atoms with Crippen LogP contribution in [0.25, 0.3) is 9.10 Å². The highest BCUT2D eigenvalue weighted by molar-refractivity contribution is 8.13. The SMILES string of the molecule is Cc1ccc(Sc2cc(C)c([N+]#N)cc2C)cc1.O=S(=O)([N-]S(=O)(=O)C(F)(F)F)C(F)(F)F. The van der Waals surface area contributed by atoms with Crippen LogP contribution in [0.15, 0.2) is 46.2 Å². The molecule has 0 atom stereocenters. The molecule has 0 fully saturated rings. The van der Waals surface area contributed by atoms with Crippen molar-refractivity contribution in [3.05, 3.63) is 62.2 Å². The predicted octanol–water partition coefficient (Wildman–Crippen LogP) is 6.31. The Morgan fingerprint density at radius 2 is 1.27 bits per heavy atom. The number of nitrogens with zero attached hydrogens (tertiary/aromatic N) is 3. The first-order valence-electron chi connectivity index (χ1n) is 8.38. The van der Waals surface area contributed by atoms with E-state index in [0.29, 0.717) is 5.69 Å². The summed E-state index contributed by atoms with van der Waals surface area (Å²) in [5, 5.41) is 8.87. The largest absolute Gasteiger partial charge is 0.480 e. The minimum absolute atomic E-state index is 0.640. The lowest BCUT2D eigenvalue weighted by molar-refractivity contribution is -0.0444. The molecule has 2 aromatic rings. The Labute approximate surface area is 189 Å². The molecule has 0 unspecified atom stereocenters. The van der Waals surface area contributed by atoms with Crippen LogP contribution in [0, 0.1) is 26.2 Å². The predicted molar refractivity (Wildman–Crippen MR) is 109 cm³/mol. The lowest BCUT2D eigenvalue weighted by atomic mass is 10.1. The topological polar surface area (TPSA) is 111 Å². The van der Waals surface area contributed by atoms with Crippen molar-refractivity contribution in [3.8, 4) is 0 Å². The van der Waals surface area contributed by atoms with Gasteiger partial charge in [0.05, 0.1) is 0 Å². The third-order valence-corrected chi connectivity index (χ3v) is 7.54. The van der Waals surface area contributed by atoms with Crippen molar-refractivity contribution in [2.24, 2.45) is 0 Å². The first-order valence-corrected chi connectivity index (χ1v) is 12.1. The third kappa shape index (κ3) is 7.88. The van der Waals surface area contributed by atoms with Gasteiger partial charge >= 0.3 is 16.7 Å². The minimum Gasteiger partial charge on any atom is -0.421 e. The van der Waals surface area contributed by atoms with E-state index in [9.17, 15) is 43.2 Å². The van der Waals surface area contributed by atoms with E-state index in [-0.39, 0.29) is 0 Å². The van der Waals surface area contributed by atoms with E-state index in [0.717, 1.165) is 15.3 Å². The highest BCUT2D eigenvalue weighted by Gasteiger charge is 2.46. The van der Waals surface area contributed by atoms with Crippen LogP contribution < -0.4 is 0 Å². The molecule has 2 aromatic carbocycles. The number of alkyl halides is 6. The zero-order valence-electron chi connectivity index (χ0n) is 16.9. The van der Waals surface area contributed by atoms with Crippen LogP contribution in [-0.2, 0) is 20.0 Å². The summed E-state index contributed by atoms with van der Waals surface area (Å²) >= 11 is 1.73. The number of sulfonamides is 2. The number of aryl methyl sites for hydroxylation is 3. The van der Waals surface area contributed by atoms with Crippen LogP contribution in [0.3, 0.4) is 0 Å². The van der Waals surface area contributed by atoms with Gasteiger partial charge in [0.2, 0.25) is 5.39 Å². The van der Waals surface area contributed by atoms with Gasteiger partial charge in [-0.1, -0.05) is 29.5 Å². The molecule has 0 aliphatic carbocycles. The van der Waals surface area contributed by atoms with Gasteiger partial charge in [-0.2, -0.15) is 26.3 Å². The maximum absolute atomic E-state index is 11.4. The summed E-state index contributed by atoms with van der Waals surface area (Å²) in [7, 11) is -13.4. The second kappa shape index (κ2) is 10.3. The zero-order valence-corrected chi connectivity index (χ0v) is 19.4. The summed E-state index contributed by atoms with van der Waals surface area (Å²) < 4.78 is 109. The highest BCUT2D eigenvalue weighted by Crippen LogP contribution is 2.36. The summed E-state index contributed by atoms with van der Waals surface area (Å²) in [6.45, 7) is 6.07. The fourth-order valence-electron chi connectivity index (χ4n) is 1.94. The quantitative estimate of drug-likeness (QED) is 0.335. The van der Waals surface area contributed by atoms with Crippen LogP contribution in [0.1, 0.15) is 16.7 Å². The van der Waals surface area contributed by atoms with E-state index in [1.54, 1.807) is 11.8 Å². The Bertz CT molecular complexity index is 1210. The molecule has 0 aromatic heterocycles. The number of rotatable bonds is 4. The van der Waals surface area contributed by atoms with Crippen LogP contribution in [0.2, 0.25) is 0 Å². The van der Waals surface area contributed by atoms with Gasteiger partial charge in [0.1, 0.15) is 0 Å². The van der Waals surface area contributed by atoms with Crippen molar-refractivity contribution in [3.63, 3.8) is 0 Å². The second-order valence-corrected chi connectivity index (χ2v) is 10.9. The van der Waals surface area contributed by atoms with Crippen LogP contribution >= 0.6 is 11.8 Å².